The number of methoxy groups -OCH3 is 1. The van der Waals surface area contributed by atoms with Crippen LogP contribution in [0.3, 0.4) is 0 Å². The minimum Gasteiger partial charge on any atom is -0.497 e. The summed E-state index contributed by atoms with van der Waals surface area (Å²) in [6, 6.07) is 13.4. The van der Waals surface area contributed by atoms with Crippen LogP contribution in [0.15, 0.2) is 42.5 Å². The molecule has 2 amide bonds. The van der Waals surface area contributed by atoms with Crippen LogP contribution >= 0.6 is 0 Å². The van der Waals surface area contributed by atoms with E-state index in [1.165, 1.54) is 0 Å². The molecule has 31 heavy (non-hydrogen) atoms. The van der Waals surface area contributed by atoms with Gasteiger partial charge in [0, 0.05) is 25.2 Å². The molecule has 1 N–H and O–H groups in total. The van der Waals surface area contributed by atoms with Crippen molar-refractivity contribution in [3.05, 3.63) is 59.2 Å². The van der Waals surface area contributed by atoms with Crippen LogP contribution < -0.4 is 15.0 Å². The van der Waals surface area contributed by atoms with Crippen molar-refractivity contribution >= 4 is 23.5 Å². The monoisotopic (exact) mass is 424 g/mol. The lowest BCUT2D eigenvalue weighted by Gasteiger charge is -2.20. The minimum atomic E-state index is -0.570. The van der Waals surface area contributed by atoms with E-state index in [4.69, 9.17) is 9.47 Å². The minimum absolute atomic E-state index is 0.0886. The Hall–Kier alpha value is -3.35. The first-order valence-corrected chi connectivity index (χ1v) is 10.3. The Morgan fingerprint density at radius 3 is 2.58 bits per heavy atom. The van der Waals surface area contributed by atoms with Gasteiger partial charge in [-0.2, -0.15) is 0 Å². The summed E-state index contributed by atoms with van der Waals surface area (Å²) in [5.74, 6) is -0.788. The molecule has 2 aromatic carbocycles. The van der Waals surface area contributed by atoms with Crippen molar-refractivity contribution in [1.82, 2.24) is 5.32 Å². The van der Waals surface area contributed by atoms with Crippen molar-refractivity contribution in [2.45, 2.75) is 26.7 Å². The summed E-state index contributed by atoms with van der Waals surface area (Å²) in [6.45, 7) is 4.29. The summed E-state index contributed by atoms with van der Waals surface area (Å²) in [5.41, 5.74) is 3.98. The van der Waals surface area contributed by atoms with E-state index in [9.17, 15) is 14.4 Å². The number of benzene rings is 2. The third-order valence-corrected chi connectivity index (χ3v) is 5.57. The van der Waals surface area contributed by atoms with Crippen LogP contribution in [0.2, 0.25) is 0 Å². The highest BCUT2D eigenvalue weighted by atomic mass is 16.5. The fourth-order valence-corrected chi connectivity index (χ4v) is 3.57. The van der Waals surface area contributed by atoms with E-state index in [0.717, 1.165) is 28.1 Å². The molecule has 1 atom stereocenters. The lowest BCUT2D eigenvalue weighted by molar-refractivity contribution is -0.152. The Kier molecular flexibility index (Phi) is 7.28. The molecule has 0 unspecified atom stereocenters. The van der Waals surface area contributed by atoms with Gasteiger partial charge < -0.3 is 19.7 Å². The Bertz CT molecular complexity index is 955. The number of aryl methyl sites for hydroxylation is 1. The molecular formula is C24H28N2O5. The van der Waals surface area contributed by atoms with Crippen LogP contribution in [-0.4, -0.2) is 44.6 Å². The highest BCUT2D eigenvalue weighted by Gasteiger charge is 2.37. The van der Waals surface area contributed by atoms with Gasteiger partial charge in [-0.25, -0.2) is 0 Å². The second kappa shape index (κ2) is 10.1. The highest BCUT2D eigenvalue weighted by Crippen LogP contribution is 2.29. The van der Waals surface area contributed by atoms with Crippen LogP contribution in [0.1, 0.15) is 23.1 Å². The third-order valence-electron chi connectivity index (χ3n) is 5.57. The van der Waals surface area contributed by atoms with Gasteiger partial charge >= 0.3 is 5.97 Å². The van der Waals surface area contributed by atoms with Crippen molar-refractivity contribution < 1.29 is 23.9 Å². The third kappa shape index (κ3) is 5.63. The van der Waals surface area contributed by atoms with Gasteiger partial charge in [0.2, 0.25) is 5.91 Å². The van der Waals surface area contributed by atoms with Gasteiger partial charge in [-0.15, -0.1) is 0 Å². The smallest absolute Gasteiger partial charge is 0.311 e. The van der Waals surface area contributed by atoms with E-state index in [1.54, 1.807) is 12.0 Å². The molecular weight excluding hydrogens is 396 g/mol. The molecule has 1 saturated heterocycles. The Morgan fingerprint density at radius 2 is 1.87 bits per heavy atom. The molecule has 3 rings (SSSR count). The molecule has 0 radical (unpaired) electrons. The molecule has 164 valence electrons. The van der Waals surface area contributed by atoms with Crippen molar-refractivity contribution in [3.8, 4) is 5.75 Å². The number of nitrogens with one attached hydrogen (secondary N) is 1. The molecule has 1 aliphatic rings. The van der Waals surface area contributed by atoms with Gasteiger partial charge in [0.1, 0.15) is 5.75 Å². The first kappa shape index (κ1) is 22.3. The molecule has 1 heterocycles. The highest BCUT2D eigenvalue weighted by molar-refractivity contribution is 6.00. The van der Waals surface area contributed by atoms with Crippen molar-refractivity contribution in [1.29, 1.82) is 0 Å². The lowest BCUT2D eigenvalue weighted by atomic mass is 10.1. The molecule has 1 aliphatic heterocycles. The van der Waals surface area contributed by atoms with Gasteiger partial charge in [0.05, 0.1) is 13.0 Å². The number of ether oxygens (including phenoxy) is 2. The quantitative estimate of drug-likeness (QED) is 0.659. The first-order valence-electron chi connectivity index (χ1n) is 10.3. The topological polar surface area (TPSA) is 84.9 Å². The SMILES string of the molecule is COc1ccc(CCNC(=O)COC(=O)[C@@H]2CC(=O)N(c3cccc(C)c3C)C2)cc1. The summed E-state index contributed by atoms with van der Waals surface area (Å²) < 4.78 is 10.3. The van der Waals surface area contributed by atoms with Gasteiger partial charge in [-0.3, -0.25) is 14.4 Å². The summed E-state index contributed by atoms with van der Waals surface area (Å²) in [6.07, 6.45) is 0.747. The zero-order valence-electron chi connectivity index (χ0n) is 18.1. The maximum absolute atomic E-state index is 12.4. The standard InChI is InChI=1S/C24H28N2O5/c1-16-5-4-6-21(17(16)2)26-14-19(13-23(26)28)24(29)31-15-22(27)25-12-11-18-7-9-20(30-3)10-8-18/h4-10,19H,11-15H2,1-3H3,(H,25,27)/t19-/m1/s1. The van der Waals surface area contributed by atoms with Gasteiger partial charge in [0.25, 0.3) is 5.91 Å². The second-order valence-electron chi connectivity index (χ2n) is 7.68. The fourth-order valence-electron chi connectivity index (χ4n) is 3.57. The lowest BCUT2D eigenvalue weighted by Crippen LogP contribution is -2.32. The van der Waals surface area contributed by atoms with Gasteiger partial charge in [-0.1, -0.05) is 24.3 Å². The number of esters is 1. The number of amides is 2. The first-order chi connectivity index (χ1) is 14.9. The Morgan fingerprint density at radius 1 is 1.13 bits per heavy atom. The van der Waals surface area contributed by atoms with Crippen LogP contribution in [-0.2, 0) is 25.5 Å². The van der Waals surface area contributed by atoms with Crippen molar-refractivity contribution in [2.24, 2.45) is 5.92 Å². The predicted molar refractivity (Wildman–Crippen MR) is 117 cm³/mol. The fraction of sp³-hybridized carbons (Fsp3) is 0.375. The Labute approximate surface area is 182 Å². The van der Waals surface area contributed by atoms with Crippen LogP contribution in [0.25, 0.3) is 0 Å². The van der Waals surface area contributed by atoms with E-state index < -0.39 is 11.9 Å². The Balaban J connectivity index is 1.43. The average Bonchev–Trinajstić information content (AvgIpc) is 3.16. The van der Waals surface area contributed by atoms with Crippen molar-refractivity contribution in [3.63, 3.8) is 0 Å². The molecule has 0 spiro atoms. The van der Waals surface area contributed by atoms with Gasteiger partial charge in [-0.05, 0) is 55.2 Å². The predicted octanol–water partition coefficient (Wildman–Crippen LogP) is 2.57. The zero-order valence-corrected chi connectivity index (χ0v) is 18.1. The molecule has 7 heteroatoms. The van der Waals surface area contributed by atoms with E-state index in [1.807, 2.05) is 56.3 Å². The molecule has 2 aromatic rings. The summed E-state index contributed by atoms with van der Waals surface area (Å²) >= 11 is 0. The summed E-state index contributed by atoms with van der Waals surface area (Å²) in [7, 11) is 1.61. The maximum Gasteiger partial charge on any atom is 0.311 e. The number of hydrogen-bond donors (Lipinski definition) is 1. The number of carbonyl (C=O) groups is 3. The number of carbonyl (C=O) groups excluding carboxylic acids is 3. The van der Waals surface area contributed by atoms with Crippen molar-refractivity contribution in [2.75, 3.05) is 31.7 Å². The van der Waals surface area contributed by atoms with E-state index in [2.05, 4.69) is 5.32 Å². The molecule has 1 fully saturated rings. The number of anilines is 1. The number of hydrogen-bond acceptors (Lipinski definition) is 5. The maximum atomic E-state index is 12.4. The molecule has 0 bridgehead atoms. The molecule has 0 saturated carbocycles. The average molecular weight is 424 g/mol. The normalized spacial score (nSPS) is 15.6. The van der Waals surface area contributed by atoms with Gasteiger partial charge in [0.15, 0.2) is 6.61 Å². The van der Waals surface area contributed by atoms with Crippen LogP contribution in [0.4, 0.5) is 5.69 Å². The van der Waals surface area contributed by atoms with E-state index >= 15 is 0 Å². The van der Waals surface area contributed by atoms with E-state index in [-0.39, 0.29) is 31.4 Å². The largest absolute Gasteiger partial charge is 0.497 e. The number of nitrogens with zero attached hydrogens (tertiary/aromatic N) is 1. The molecule has 0 aromatic heterocycles. The zero-order chi connectivity index (χ0) is 22.4. The second-order valence-corrected chi connectivity index (χ2v) is 7.68. The number of rotatable bonds is 8. The summed E-state index contributed by atoms with van der Waals surface area (Å²) in [5, 5.41) is 2.74. The molecule has 7 nitrogen and oxygen atoms in total. The van der Waals surface area contributed by atoms with Crippen LogP contribution in [0.5, 0.6) is 5.75 Å². The summed E-state index contributed by atoms with van der Waals surface area (Å²) in [4.78, 5) is 38.5. The molecule has 0 aliphatic carbocycles. The van der Waals surface area contributed by atoms with Crippen LogP contribution in [0, 0.1) is 19.8 Å². The van der Waals surface area contributed by atoms with E-state index in [0.29, 0.717) is 13.0 Å².